The van der Waals surface area contributed by atoms with Crippen LogP contribution in [0.3, 0.4) is 0 Å². The van der Waals surface area contributed by atoms with E-state index in [4.69, 9.17) is 14.2 Å². The van der Waals surface area contributed by atoms with Crippen LogP contribution in [-0.2, 0) is 38.5 Å². The number of nitrogens with zero attached hydrogens (tertiary/aromatic N) is 2. The van der Waals surface area contributed by atoms with Gasteiger partial charge in [0.1, 0.15) is 12.2 Å². The molecule has 3 aromatic rings. The third-order valence-electron chi connectivity index (χ3n) is 8.17. The lowest BCUT2D eigenvalue weighted by Gasteiger charge is -2.29. The topological polar surface area (TPSA) is 119 Å². The summed E-state index contributed by atoms with van der Waals surface area (Å²) >= 11 is 1.44. The summed E-state index contributed by atoms with van der Waals surface area (Å²) < 4.78 is 16.5. The summed E-state index contributed by atoms with van der Waals surface area (Å²) in [5.74, 6) is -0.0360. The van der Waals surface area contributed by atoms with Gasteiger partial charge in [-0.1, -0.05) is 60.7 Å². The summed E-state index contributed by atoms with van der Waals surface area (Å²) in [6.45, 7) is 9.18. The highest BCUT2D eigenvalue weighted by molar-refractivity contribution is 7.09. The van der Waals surface area contributed by atoms with E-state index in [2.05, 4.69) is 32.7 Å². The Morgan fingerprint density at radius 1 is 0.896 bits per heavy atom. The molecule has 0 radical (unpaired) electrons. The fourth-order valence-corrected chi connectivity index (χ4v) is 6.28. The molecule has 2 amide bonds. The van der Waals surface area contributed by atoms with Crippen molar-refractivity contribution in [3.05, 3.63) is 88.4 Å². The number of nitrogens with one attached hydrogen (secondary N) is 2. The van der Waals surface area contributed by atoms with Gasteiger partial charge in [-0.15, -0.1) is 11.3 Å². The zero-order valence-electron chi connectivity index (χ0n) is 28.4. The molecule has 1 aliphatic heterocycles. The van der Waals surface area contributed by atoms with Gasteiger partial charge in [-0.3, -0.25) is 14.7 Å². The Labute approximate surface area is 288 Å². The molecule has 0 bridgehead atoms. The lowest BCUT2D eigenvalue weighted by Crippen LogP contribution is -2.46. The maximum absolute atomic E-state index is 14.0. The summed E-state index contributed by atoms with van der Waals surface area (Å²) in [6, 6.07) is 19.3. The van der Waals surface area contributed by atoms with E-state index in [-0.39, 0.29) is 30.8 Å². The first-order valence-corrected chi connectivity index (χ1v) is 17.7. The minimum atomic E-state index is -0.680. The van der Waals surface area contributed by atoms with Crippen molar-refractivity contribution < 1.29 is 28.6 Å². The Morgan fingerprint density at radius 3 is 2.19 bits per heavy atom. The highest BCUT2D eigenvalue weighted by atomic mass is 32.1. The molecule has 10 nitrogen and oxygen atoms in total. The fraction of sp³-hybridized carbons (Fsp3) is 0.514. The number of ketones is 1. The van der Waals surface area contributed by atoms with Gasteiger partial charge in [-0.05, 0) is 69.9 Å². The molecule has 3 atom stereocenters. The number of benzene rings is 2. The van der Waals surface area contributed by atoms with Crippen LogP contribution in [0.4, 0.5) is 9.59 Å². The van der Waals surface area contributed by atoms with Crippen LogP contribution < -0.4 is 10.6 Å². The van der Waals surface area contributed by atoms with E-state index in [1.165, 1.54) is 11.3 Å². The minimum Gasteiger partial charge on any atom is -0.444 e. The van der Waals surface area contributed by atoms with Gasteiger partial charge < -0.3 is 24.8 Å². The molecule has 2 aromatic carbocycles. The number of ether oxygens (including phenoxy) is 3. The average molecular weight is 679 g/mol. The number of carbonyl (C=O) groups is 3. The van der Waals surface area contributed by atoms with Crippen LogP contribution in [0.5, 0.6) is 0 Å². The number of carbonyl (C=O) groups excluding carboxylic acids is 3. The van der Waals surface area contributed by atoms with Crippen molar-refractivity contribution in [2.75, 3.05) is 32.8 Å². The van der Waals surface area contributed by atoms with Gasteiger partial charge in [0.15, 0.2) is 5.78 Å². The van der Waals surface area contributed by atoms with Crippen LogP contribution >= 0.6 is 11.3 Å². The molecule has 2 heterocycles. The van der Waals surface area contributed by atoms with Gasteiger partial charge in [0.25, 0.3) is 0 Å². The summed E-state index contributed by atoms with van der Waals surface area (Å²) in [7, 11) is 0. The number of aromatic nitrogens is 1. The molecule has 0 spiro atoms. The first kappa shape index (κ1) is 37.0. The van der Waals surface area contributed by atoms with Gasteiger partial charge in [-0.25, -0.2) is 9.59 Å². The number of morpholine rings is 1. The average Bonchev–Trinajstić information content (AvgIpc) is 3.59. The molecule has 1 aliphatic rings. The van der Waals surface area contributed by atoms with Gasteiger partial charge >= 0.3 is 12.2 Å². The smallest absolute Gasteiger partial charge is 0.408 e. The molecule has 1 fully saturated rings. The Hall–Kier alpha value is -3.80. The lowest BCUT2D eigenvalue weighted by molar-refractivity contribution is -0.122. The van der Waals surface area contributed by atoms with Crippen molar-refractivity contribution in [1.29, 1.82) is 0 Å². The summed E-state index contributed by atoms with van der Waals surface area (Å²) in [5.41, 5.74) is 3.27. The van der Waals surface area contributed by atoms with E-state index < -0.39 is 23.8 Å². The number of hydrogen-bond acceptors (Lipinski definition) is 9. The van der Waals surface area contributed by atoms with Gasteiger partial charge in [-0.2, -0.15) is 0 Å². The van der Waals surface area contributed by atoms with Crippen molar-refractivity contribution in [3.63, 3.8) is 0 Å². The SMILES string of the molecule is CC(C)(C)OC(=O)N[C@@H](CCN1CCOCC1)C(=O)C[C@H](CC[C@H](Cc1ccccc1)NC(=O)OCc1cncs1)Cc1ccccc1. The molecule has 0 saturated carbocycles. The zero-order chi connectivity index (χ0) is 34.2. The van der Waals surface area contributed by atoms with Crippen LogP contribution in [0, 0.1) is 5.92 Å². The number of hydrogen-bond donors (Lipinski definition) is 2. The molecule has 1 saturated heterocycles. The standard InChI is InChI=1S/C37H50N4O6S/c1-37(2,3)47-36(44)40-33(16-17-41-18-20-45-21-19-41)34(42)24-30(22-28-10-6-4-7-11-28)14-15-31(23-29-12-8-5-9-13-29)39-35(43)46-26-32-25-38-27-48-32/h4-13,25,27,30-31,33H,14-24,26H2,1-3H3,(H,39,43)(H,40,44)/t30-,31-,33+/m1/s1. The molecule has 0 unspecified atom stereocenters. The van der Waals surface area contributed by atoms with Crippen molar-refractivity contribution in [2.24, 2.45) is 5.92 Å². The summed E-state index contributed by atoms with van der Waals surface area (Å²) in [6.07, 6.45) is 4.05. The van der Waals surface area contributed by atoms with E-state index in [0.29, 0.717) is 51.9 Å². The monoisotopic (exact) mass is 678 g/mol. The largest absolute Gasteiger partial charge is 0.444 e. The number of alkyl carbamates (subject to hydrolysis) is 2. The third kappa shape index (κ3) is 14.1. The molecule has 260 valence electrons. The predicted molar refractivity (Wildman–Crippen MR) is 187 cm³/mol. The highest BCUT2D eigenvalue weighted by Crippen LogP contribution is 2.23. The molecule has 48 heavy (non-hydrogen) atoms. The highest BCUT2D eigenvalue weighted by Gasteiger charge is 2.28. The van der Waals surface area contributed by atoms with Crippen LogP contribution in [0.1, 0.15) is 62.5 Å². The van der Waals surface area contributed by atoms with E-state index >= 15 is 0 Å². The fourth-order valence-electron chi connectivity index (χ4n) is 5.77. The van der Waals surface area contributed by atoms with E-state index in [1.54, 1.807) is 11.7 Å². The molecule has 11 heteroatoms. The second kappa shape index (κ2) is 19.3. The first-order valence-electron chi connectivity index (χ1n) is 16.8. The molecular formula is C37H50N4O6S. The Balaban J connectivity index is 1.46. The molecule has 4 rings (SSSR count). The van der Waals surface area contributed by atoms with E-state index in [0.717, 1.165) is 29.1 Å². The second-order valence-corrected chi connectivity index (χ2v) is 14.3. The van der Waals surface area contributed by atoms with Gasteiger partial charge in [0.05, 0.1) is 29.6 Å². The van der Waals surface area contributed by atoms with E-state index in [9.17, 15) is 14.4 Å². The number of rotatable bonds is 17. The molecule has 1 aromatic heterocycles. The lowest BCUT2D eigenvalue weighted by atomic mass is 9.86. The molecule has 2 N–H and O–H groups in total. The van der Waals surface area contributed by atoms with Crippen molar-refractivity contribution in [2.45, 2.75) is 83.6 Å². The number of thiazole rings is 1. The summed E-state index contributed by atoms with van der Waals surface area (Å²) in [4.78, 5) is 46.9. The third-order valence-corrected chi connectivity index (χ3v) is 8.93. The summed E-state index contributed by atoms with van der Waals surface area (Å²) in [5, 5.41) is 5.96. The zero-order valence-corrected chi connectivity index (χ0v) is 29.2. The van der Waals surface area contributed by atoms with Crippen LogP contribution in [0.15, 0.2) is 72.4 Å². The minimum absolute atomic E-state index is 0.0143. The van der Waals surface area contributed by atoms with E-state index in [1.807, 2.05) is 69.3 Å². The van der Waals surface area contributed by atoms with Crippen LogP contribution in [0.25, 0.3) is 0 Å². The normalized spacial score (nSPS) is 15.6. The maximum atomic E-state index is 14.0. The van der Waals surface area contributed by atoms with Crippen molar-refractivity contribution in [3.8, 4) is 0 Å². The molecular weight excluding hydrogens is 628 g/mol. The predicted octanol–water partition coefficient (Wildman–Crippen LogP) is 6.19. The Bertz CT molecular complexity index is 1380. The van der Waals surface area contributed by atoms with Crippen LogP contribution in [0.2, 0.25) is 0 Å². The second-order valence-electron chi connectivity index (χ2n) is 13.3. The Morgan fingerprint density at radius 2 is 1.56 bits per heavy atom. The van der Waals surface area contributed by atoms with Gasteiger partial charge in [0, 0.05) is 38.3 Å². The maximum Gasteiger partial charge on any atom is 0.408 e. The van der Waals surface area contributed by atoms with Crippen molar-refractivity contribution >= 4 is 29.3 Å². The van der Waals surface area contributed by atoms with Gasteiger partial charge in [0.2, 0.25) is 0 Å². The quantitative estimate of drug-likeness (QED) is 0.173. The van der Waals surface area contributed by atoms with Crippen molar-refractivity contribution in [1.82, 2.24) is 20.5 Å². The Kier molecular flexibility index (Phi) is 14.9. The number of Topliss-reactive ketones (excluding diaryl/α,β-unsaturated/α-hetero) is 1. The first-order chi connectivity index (χ1) is 23.1. The molecule has 0 aliphatic carbocycles. The van der Waals surface area contributed by atoms with Crippen LogP contribution in [-0.4, -0.2) is 78.4 Å². The number of amides is 2.